The summed E-state index contributed by atoms with van der Waals surface area (Å²) in [6.07, 6.45) is 1.13. The van der Waals surface area contributed by atoms with Gasteiger partial charge in [0, 0.05) is 32.0 Å². The van der Waals surface area contributed by atoms with E-state index in [2.05, 4.69) is 4.98 Å². The van der Waals surface area contributed by atoms with Crippen LogP contribution in [0.5, 0.6) is 0 Å². The molecule has 0 spiro atoms. The molecule has 0 atom stereocenters. The van der Waals surface area contributed by atoms with E-state index >= 15 is 0 Å². The lowest BCUT2D eigenvalue weighted by atomic mass is 10.2. The highest BCUT2D eigenvalue weighted by atomic mass is 32.2. The van der Waals surface area contributed by atoms with Gasteiger partial charge in [0.1, 0.15) is 5.52 Å². The van der Waals surface area contributed by atoms with E-state index in [0.717, 1.165) is 6.26 Å². The number of sulfone groups is 1. The number of para-hydroxylation sites is 2. The van der Waals surface area contributed by atoms with E-state index in [1.807, 2.05) is 19.0 Å². The van der Waals surface area contributed by atoms with Gasteiger partial charge < -0.3 is 4.90 Å². The van der Waals surface area contributed by atoms with Crippen LogP contribution in [0.4, 0.5) is 10.8 Å². The molecule has 38 heavy (non-hydrogen) atoms. The minimum absolute atomic E-state index is 0.0537. The molecular formula is C26H28N4O5S3. The van der Waals surface area contributed by atoms with Crippen LogP contribution in [0.1, 0.15) is 10.4 Å². The fraction of sp³-hybridized carbons (Fsp3) is 0.231. The first-order valence-corrected chi connectivity index (χ1v) is 15.7. The molecule has 9 nitrogen and oxygen atoms in total. The van der Waals surface area contributed by atoms with E-state index in [1.165, 1.54) is 57.9 Å². The van der Waals surface area contributed by atoms with E-state index in [9.17, 15) is 21.6 Å². The highest BCUT2D eigenvalue weighted by Gasteiger charge is 2.25. The number of thiazole rings is 1. The van der Waals surface area contributed by atoms with Crippen LogP contribution in [0.15, 0.2) is 82.6 Å². The Bertz CT molecular complexity index is 1670. The average molecular weight is 573 g/mol. The van der Waals surface area contributed by atoms with Gasteiger partial charge >= 0.3 is 0 Å². The first-order chi connectivity index (χ1) is 17.9. The summed E-state index contributed by atoms with van der Waals surface area (Å²) in [6.45, 7) is 0.839. The smallest absolute Gasteiger partial charge is 0.264 e. The van der Waals surface area contributed by atoms with Crippen molar-refractivity contribution in [3.63, 3.8) is 0 Å². The Balaban J connectivity index is 1.68. The van der Waals surface area contributed by atoms with Crippen molar-refractivity contribution >= 4 is 58.1 Å². The van der Waals surface area contributed by atoms with Gasteiger partial charge in [-0.15, -0.1) is 0 Å². The van der Waals surface area contributed by atoms with E-state index in [4.69, 9.17) is 0 Å². The summed E-state index contributed by atoms with van der Waals surface area (Å²) >= 11 is 1.23. The molecule has 4 aromatic rings. The second-order valence-corrected chi connectivity index (χ2v) is 13.9. The zero-order valence-corrected chi connectivity index (χ0v) is 23.8. The number of amides is 1. The number of anilines is 2. The van der Waals surface area contributed by atoms with Crippen LogP contribution >= 0.6 is 11.3 Å². The molecule has 0 aliphatic carbocycles. The molecule has 0 saturated heterocycles. The van der Waals surface area contributed by atoms with Gasteiger partial charge in [0.25, 0.3) is 15.9 Å². The first kappa shape index (κ1) is 27.7. The number of rotatable bonds is 9. The topological polar surface area (TPSA) is 108 Å². The lowest BCUT2D eigenvalue weighted by Gasteiger charge is -2.22. The molecule has 0 bridgehead atoms. The molecule has 200 valence electrons. The van der Waals surface area contributed by atoms with Crippen molar-refractivity contribution in [2.75, 3.05) is 49.7 Å². The van der Waals surface area contributed by atoms with Crippen molar-refractivity contribution in [1.82, 2.24) is 9.88 Å². The molecule has 1 aromatic heterocycles. The Kier molecular flexibility index (Phi) is 7.88. The minimum Gasteiger partial charge on any atom is -0.308 e. The molecule has 0 radical (unpaired) electrons. The number of benzene rings is 3. The molecule has 12 heteroatoms. The number of nitrogens with zero attached hydrogens (tertiary/aromatic N) is 4. The summed E-state index contributed by atoms with van der Waals surface area (Å²) in [6, 6.07) is 19.4. The number of carbonyl (C=O) groups is 1. The van der Waals surface area contributed by atoms with Crippen LogP contribution < -0.4 is 9.21 Å². The number of likely N-dealkylation sites (N-methyl/N-ethyl adjacent to an activating group) is 1. The van der Waals surface area contributed by atoms with Crippen LogP contribution in [0.3, 0.4) is 0 Å². The summed E-state index contributed by atoms with van der Waals surface area (Å²) in [5.41, 5.74) is 1.13. The Morgan fingerprint density at radius 2 is 1.50 bits per heavy atom. The molecule has 0 aliphatic heterocycles. The normalized spacial score (nSPS) is 12.1. The third-order valence-corrected chi connectivity index (χ3v) is 9.87. The largest absolute Gasteiger partial charge is 0.308 e. The maximum absolute atomic E-state index is 13.6. The van der Waals surface area contributed by atoms with E-state index in [1.54, 1.807) is 42.5 Å². The molecule has 0 saturated carbocycles. The van der Waals surface area contributed by atoms with Gasteiger partial charge in [-0.25, -0.2) is 21.8 Å². The summed E-state index contributed by atoms with van der Waals surface area (Å²) in [5.74, 6) is -0.368. The van der Waals surface area contributed by atoms with Crippen LogP contribution in [0.2, 0.25) is 0 Å². The van der Waals surface area contributed by atoms with Crippen molar-refractivity contribution in [2.45, 2.75) is 9.79 Å². The Morgan fingerprint density at radius 3 is 2.11 bits per heavy atom. The standard InChI is InChI=1S/C26H28N4O5S3/c1-28(2)17-18-30(26-27-24-22(36-26)11-8-12-23(24)37(4,32)33)25(31)19-13-15-21(16-14-19)38(34,35)29(3)20-9-6-5-7-10-20/h5-16H,17-18H2,1-4H3. The highest BCUT2D eigenvalue weighted by Crippen LogP contribution is 2.33. The van der Waals surface area contributed by atoms with E-state index in [0.29, 0.717) is 34.1 Å². The zero-order valence-electron chi connectivity index (χ0n) is 21.4. The number of hydrogen-bond acceptors (Lipinski definition) is 8. The fourth-order valence-electron chi connectivity index (χ4n) is 3.77. The number of carbonyl (C=O) groups excluding carboxylic acids is 1. The molecule has 0 N–H and O–H groups in total. The van der Waals surface area contributed by atoms with Crippen molar-refractivity contribution in [2.24, 2.45) is 0 Å². The second-order valence-electron chi connectivity index (χ2n) is 8.96. The summed E-state index contributed by atoms with van der Waals surface area (Å²) in [5, 5.41) is 0.364. The van der Waals surface area contributed by atoms with Gasteiger partial charge in [-0.2, -0.15) is 0 Å². The quantitative estimate of drug-likeness (QED) is 0.301. The number of aromatic nitrogens is 1. The highest BCUT2D eigenvalue weighted by molar-refractivity contribution is 7.92. The van der Waals surface area contributed by atoms with E-state index < -0.39 is 19.9 Å². The fourth-order valence-corrected chi connectivity index (χ4v) is 6.88. The molecule has 1 heterocycles. The molecule has 0 aliphatic rings. The molecule has 1 amide bonds. The van der Waals surface area contributed by atoms with Crippen LogP contribution in [0.25, 0.3) is 10.2 Å². The maximum Gasteiger partial charge on any atom is 0.264 e. The zero-order chi connectivity index (χ0) is 27.7. The van der Waals surface area contributed by atoms with E-state index in [-0.39, 0.29) is 21.3 Å². The van der Waals surface area contributed by atoms with Crippen molar-refractivity contribution in [3.05, 3.63) is 78.4 Å². The number of sulfonamides is 1. The summed E-state index contributed by atoms with van der Waals surface area (Å²) in [4.78, 5) is 21.7. The maximum atomic E-state index is 13.6. The number of hydrogen-bond donors (Lipinski definition) is 0. The van der Waals surface area contributed by atoms with Crippen LogP contribution in [0, 0.1) is 0 Å². The first-order valence-electron chi connectivity index (χ1n) is 11.6. The van der Waals surface area contributed by atoms with Crippen molar-refractivity contribution in [1.29, 1.82) is 0 Å². The molecular weight excluding hydrogens is 545 g/mol. The second kappa shape index (κ2) is 10.8. The van der Waals surface area contributed by atoms with Crippen LogP contribution in [-0.4, -0.2) is 73.1 Å². The van der Waals surface area contributed by atoms with Gasteiger partial charge in [0.15, 0.2) is 15.0 Å². The predicted octanol–water partition coefficient (Wildman–Crippen LogP) is 3.73. The molecule has 3 aromatic carbocycles. The van der Waals surface area contributed by atoms with Gasteiger partial charge in [0.2, 0.25) is 0 Å². The summed E-state index contributed by atoms with van der Waals surface area (Å²) < 4.78 is 52.6. The lowest BCUT2D eigenvalue weighted by molar-refractivity contribution is 0.0985. The Hall–Kier alpha value is -3.32. The Morgan fingerprint density at radius 1 is 0.842 bits per heavy atom. The van der Waals surface area contributed by atoms with Crippen LogP contribution in [-0.2, 0) is 19.9 Å². The SMILES string of the molecule is CN(C)CCN(C(=O)c1ccc(S(=O)(=O)N(C)c2ccccc2)cc1)c1nc2c(S(C)(=O)=O)cccc2s1. The molecule has 0 unspecified atom stereocenters. The Labute approximate surface area is 226 Å². The van der Waals surface area contributed by atoms with Gasteiger partial charge in [-0.3, -0.25) is 14.0 Å². The van der Waals surface area contributed by atoms with Gasteiger partial charge in [-0.1, -0.05) is 35.6 Å². The predicted molar refractivity (Wildman–Crippen MR) is 151 cm³/mol. The molecule has 4 rings (SSSR count). The monoisotopic (exact) mass is 572 g/mol. The van der Waals surface area contributed by atoms with Gasteiger partial charge in [-0.05, 0) is 62.6 Å². The lowest BCUT2D eigenvalue weighted by Crippen LogP contribution is -2.36. The number of fused-ring (bicyclic) bond motifs is 1. The third kappa shape index (κ3) is 5.73. The van der Waals surface area contributed by atoms with Gasteiger partial charge in [0.05, 0.1) is 20.2 Å². The van der Waals surface area contributed by atoms with Crippen molar-refractivity contribution < 1.29 is 21.6 Å². The summed E-state index contributed by atoms with van der Waals surface area (Å²) in [7, 11) is -2.11. The third-order valence-electron chi connectivity index (χ3n) is 5.90. The van der Waals surface area contributed by atoms with Crippen molar-refractivity contribution in [3.8, 4) is 0 Å². The molecule has 0 fully saturated rings. The average Bonchev–Trinajstić information content (AvgIpc) is 3.32. The minimum atomic E-state index is -3.83.